The fourth-order valence-electron chi connectivity index (χ4n) is 5.00. The molecular weight excluding hydrogens is 531 g/mol. The molecule has 2 fully saturated rings. The van der Waals surface area contributed by atoms with Gasteiger partial charge in [0.1, 0.15) is 6.54 Å². The number of hydrogen-bond acceptors (Lipinski definition) is 4. The predicted octanol–water partition coefficient (Wildman–Crippen LogP) is 4.80. The Balaban J connectivity index is 1.51. The first-order valence-electron chi connectivity index (χ1n) is 10.4. The van der Waals surface area contributed by atoms with Gasteiger partial charge < -0.3 is 0 Å². The van der Waals surface area contributed by atoms with Crippen LogP contribution in [0.15, 0.2) is 59.1 Å². The van der Waals surface area contributed by atoms with Gasteiger partial charge in [0, 0.05) is 15.6 Å². The number of allylic oxidation sites excluding steroid dienone is 2. The number of carbonyl (C=O) groups excluding carboxylic acids is 4. The molecule has 0 N–H and O–H groups in total. The van der Waals surface area contributed by atoms with Crippen molar-refractivity contribution in [2.45, 2.75) is 6.42 Å². The van der Waals surface area contributed by atoms with Crippen molar-refractivity contribution in [3.63, 3.8) is 0 Å². The van der Waals surface area contributed by atoms with E-state index in [1.165, 1.54) is 18.2 Å². The molecule has 6 nitrogen and oxygen atoms in total. The summed E-state index contributed by atoms with van der Waals surface area (Å²) in [6.45, 7) is -0.472. The lowest BCUT2D eigenvalue weighted by Crippen LogP contribution is -2.52. The Kier molecular flexibility index (Phi) is 5.67. The second kappa shape index (κ2) is 8.38. The van der Waals surface area contributed by atoms with Gasteiger partial charge in [-0.05, 0) is 48.6 Å². The number of halogens is 3. The van der Waals surface area contributed by atoms with E-state index in [-0.39, 0.29) is 27.4 Å². The van der Waals surface area contributed by atoms with Crippen molar-refractivity contribution < 1.29 is 19.2 Å². The molecule has 3 aliphatic rings. The molecule has 0 radical (unpaired) electrons. The molecule has 3 amide bonds. The van der Waals surface area contributed by atoms with Gasteiger partial charge in [0.25, 0.3) is 17.7 Å². The Morgan fingerprint density at radius 2 is 1.48 bits per heavy atom. The second-order valence-electron chi connectivity index (χ2n) is 8.41. The van der Waals surface area contributed by atoms with Crippen LogP contribution in [-0.4, -0.2) is 40.1 Å². The van der Waals surface area contributed by atoms with E-state index < -0.39 is 41.9 Å². The molecule has 33 heavy (non-hydrogen) atoms. The number of imide groups is 1. The monoisotopic (exact) mass is 546 g/mol. The second-order valence-corrected chi connectivity index (χ2v) is 10.1. The largest absolute Gasteiger partial charge is 0.292 e. The molecule has 1 heterocycles. The van der Waals surface area contributed by atoms with Gasteiger partial charge in [0.05, 0.1) is 21.9 Å². The van der Waals surface area contributed by atoms with Crippen molar-refractivity contribution in [3.05, 3.63) is 80.3 Å². The van der Waals surface area contributed by atoms with E-state index in [2.05, 4.69) is 15.9 Å². The molecule has 0 aromatic heterocycles. The molecule has 5 rings (SSSR count). The van der Waals surface area contributed by atoms with E-state index in [1.54, 1.807) is 24.3 Å². The number of Topliss-reactive ketones (excluding diaryl/α,β-unsaturated/α-hetero) is 1. The first-order valence-corrected chi connectivity index (χ1v) is 11.9. The third-order valence-electron chi connectivity index (χ3n) is 6.55. The standard InChI is InChI=1S/C24H17BrCl2N2O4/c25-16-6-3-12(4-7-16)19(30)11-28(22(31)15-5-8-17(26)18(27)10-15)29-23(32)20-13-1-2-14(9-13)21(20)24(29)33/h1-8,10,13-14,20-21H,9,11H2/t13-,14+,20-,21-/m0/s1. The number of hydrazine groups is 1. The van der Waals surface area contributed by atoms with Crippen molar-refractivity contribution >= 4 is 62.6 Å². The minimum absolute atomic E-state index is 0.0226. The lowest BCUT2D eigenvalue weighted by Gasteiger charge is -2.31. The van der Waals surface area contributed by atoms with E-state index in [0.29, 0.717) is 5.56 Å². The van der Waals surface area contributed by atoms with Crippen molar-refractivity contribution in [2.24, 2.45) is 23.7 Å². The summed E-state index contributed by atoms with van der Waals surface area (Å²) in [6, 6.07) is 10.9. The molecule has 0 spiro atoms. The summed E-state index contributed by atoms with van der Waals surface area (Å²) in [7, 11) is 0. The number of benzene rings is 2. The molecule has 2 aliphatic carbocycles. The molecule has 1 saturated heterocycles. The van der Waals surface area contributed by atoms with E-state index in [0.717, 1.165) is 20.9 Å². The van der Waals surface area contributed by atoms with Gasteiger partial charge in [0.2, 0.25) is 0 Å². The van der Waals surface area contributed by atoms with Crippen LogP contribution in [0.1, 0.15) is 27.1 Å². The fraction of sp³-hybridized carbons (Fsp3) is 0.250. The zero-order valence-electron chi connectivity index (χ0n) is 17.1. The summed E-state index contributed by atoms with van der Waals surface area (Å²) in [5, 5.41) is 2.24. The van der Waals surface area contributed by atoms with E-state index in [9.17, 15) is 19.2 Å². The highest BCUT2D eigenvalue weighted by Crippen LogP contribution is 2.52. The highest BCUT2D eigenvalue weighted by atomic mass is 79.9. The van der Waals surface area contributed by atoms with Crippen LogP contribution in [0, 0.1) is 23.7 Å². The van der Waals surface area contributed by atoms with Crippen molar-refractivity contribution in [3.8, 4) is 0 Å². The van der Waals surface area contributed by atoms with Crippen LogP contribution in [-0.2, 0) is 9.59 Å². The van der Waals surface area contributed by atoms with E-state index >= 15 is 0 Å². The van der Waals surface area contributed by atoms with Gasteiger partial charge >= 0.3 is 0 Å². The van der Waals surface area contributed by atoms with E-state index in [4.69, 9.17) is 23.2 Å². The van der Waals surface area contributed by atoms with Crippen LogP contribution in [0.2, 0.25) is 10.0 Å². The van der Waals surface area contributed by atoms with Crippen LogP contribution in [0.3, 0.4) is 0 Å². The number of ketones is 1. The summed E-state index contributed by atoms with van der Waals surface area (Å²) in [6.07, 6.45) is 4.70. The minimum atomic E-state index is -0.680. The summed E-state index contributed by atoms with van der Waals surface area (Å²) >= 11 is 15.4. The Labute approximate surface area is 208 Å². The summed E-state index contributed by atoms with van der Waals surface area (Å²) in [5.74, 6) is -3.02. The maximum absolute atomic E-state index is 13.5. The molecule has 4 atom stereocenters. The molecule has 2 bridgehead atoms. The van der Waals surface area contributed by atoms with Gasteiger partial charge in [-0.1, -0.05) is 63.4 Å². The van der Waals surface area contributed by atoms with Gasteiger partial charge in [-0.25, -0.2) is 5.01 Å². The molecule has 9 heteroatoms. The Bertz CT molecular complexity index is 1200. The fourth-order valence-corrected chi connectivity index (χ4v) is 5.56. The van der Waals surface area contributed by atoms with E-state index in [1.807, 2.05) is 12.2 Å². The number of rotatable bonds is 5. The average Bonchev–Trinajstić information content (AvgIpc) is 3.48. The third kappa shape index (κ3) is 3.72. The van der Waals surface area contributed by atoms with Crippen LogP contribution in [0.5, 0.6) is 0 Å². The van der Waals surface area contributed by atoms with Crippen molar-refractivity contribution in [1.29, 1.82) is 0 Å². The topological polar surface area (TPSA) is 74.8 Å². The molecule has 0 unspecified atom stereocenters. The van der Waals surface area contributed by atoms with Crippen LogP contribution >= 0.6 is 39.1 Å². The molecule has 2 aromatic rings. The molecule has 2 aromatic carbocycles. The quantitative estimate of drug-likeness (QED) is 0.306. The highest BCUT2D eigenvalue weighted by Gasteiger charge is 2.61. The summed E-state index contributed by atoms with van der Waals surface area (Å²) in [4.78, 5) is 53.3. The lowest BCUT2D eigenvalue weighted by atomic mass is 9.85. The number of fused-ring (bicyclic) bond motifs is 5. The highest BCUT2D eigenvalue weighted by molar-refractivity contribution is 9.10. The maximum Gasteiger partial charge on any atom is 0.273 e. The van der Waals surface area contributed by atoms with Gasteiger partial charge in [-0.15, -0.1) is 0 Å². The number of hydrogen-bond donors (Lipinski definition) is 0. The third-order valence-corrected chi connectivity index (χ3v) is 7.82. The number of nitrogens with zero attached hydrogens (tertiary/aromatic N) is 2. The van der Waals surface area contributed by atoms with Crippen molar-refractivity contribution in [1.82, 2.24) is 10.0 Å². The first-order chi connectivity index (χ1) is 15.8. The normalized spacial score (nSPS) is 25.0. The zero-order valence-corrected chi connectivity index (χ0v) is 20.2. The minimum Gasteiger partial charge on any atom is -0.292 e. The van der Waals surface area contributed by atoms with Gasteiger partial charge in [0.15, 0.2) is 5.78 Å². The molecule has 1 aliphatic heterocycles. The molecular formula is C24H17BrCl2N2O4. The average molecular weight is 548 g/mol. The smallest absolute Gasteiger partial charge is 0.273 e. The Hall–Kier alpha value is -2.48. The summed E-state index contributed by atoms with van der Waals surface area (Å²) < 4.78 is 0.795. The van der Waals surface area contributed by atoms with Crippen LogP contribution < -0.4 is 0 Å². The summed E-state index contributed by atoms with van der Waals surface area (Å²) in [5.41, 5.74) is 0.470. The predicted molar refractivity (Wildman–Crippen MR) is 126 cm³/mol. The molecule has 1 saturated carbocycles. The number of carbonyl (C=O) groups is 4. The van der Waals surface area contributed by atoms with Crippen molar-refractivity contribution in [2.75, 3.05) is 6.54 Å². The molecule has 168 valence electrons. The maximum atomic E-state index is 13.5. The number of amides is 3. The Morgan fingerprint density at radius 1 is 0.909 bits per heavy atom. The Morgan fingerprint density at radius 3 is 2.06 bits per heavy atom. The van der Waals surface area contributed by atoms with Gasteiger partial charge in [-0.2, -0.15) is 5.01 Å². The van der Waals surface area contributed by atoms with Gasteiger partial charge in [-0.3, -0.25) is 19.2 Å². The van der Waals surface area contributed by atoms with Crippen LogP contribution in [0.25, 0.3) is 0 Å². The first kappa shape index (κ1) is 22.3. The SMILES string of the molecule is O=C(CN(C(=O)c1ccc(Cl)c(Cl)c1)N1C(=O)[C@@H]2[C@@H](C1=O)[C@H]1C=C[C@@H]2C1)c1ccc(Br)cc1. The zero-order chi connectivity index (χ0) is 23.4. The van der Waals surface area contributed by atoms with Crippen LogP contribution in [0.4, 0.5) is 0 Å². The lowest BCUT2D eigenvalue weighted by molar-refractivity contribution is -0.154.